The third-order valence-electron chi connectivity index (χ3n) is 7.13. The van der Waals surface area contributed by atoms with Crippen molar-refractivity contribution in [2.24, 2.45) is 5.41 Å². The first-order chi connectivity index (χ1) is 16.5. The predicted octanol–water partition coefficient (Wildman–Crippen LogP) is 5.50. The second-order valence-corrected chi connectivity index (χ2v) is 10.3. The summed E-state index contributed by atoms with van der Waals surface area (Å²) in [6, 6.07) is 7.98. The molecule has 1 fully saturated rings. The number of nitrogens with one attached hydrogen (secondary N) is 1. The van der Waals surface area contributed by atoms with Gasteiger partial charge in [-0.25, -0.2) is 5.48 Å². The highest BCUT2D eigenvalue weighted by Gasteiger charge is 2.40. The maximum atomic E-state index is 12.7. The first-order valence-electron chi connectivity index (χ1n) is 11.8. The van der Waals surface area contributed by atoms with Crippen molar-refractivity contribution >= 4 is 39.7 Å². The first kappa shape index (κ1) is 24.9. The third kappa shape index (κ3) is 5.71. The van der Waals surface area contributed by atoms with Crippen molar-refractivity contribution in [1.82, 2.24) is 15.4 Å². The van der Waals surface area contributed by atoms with Gasteiger partial charge in [0.1, 0.15) is 5.75 Å². The Balaban J connectivity index is 1.37. The third-order valence-corrected chi connectivity index (χ3v) is 8.19. The number of aryl methyl sites for hydroxylation is 2. The average Bonchev–Trinajstić information content (AvgIpc) is 3.39. The summed E-state index contributed by atoms with van der Waals surface area (Å²) < 4.78 is 5.38. The molecule has 6 nitrogen and oxygen atoms in total. The van der Waals surface area contributed by atoms with Gasteiger partial charge in [-0.2, -0.15) is 11.3 Å². The molecule has 0 unspecified atom stereocenters. The van der Waals surface area contributed by atoms with Gasteiger partial charge in [-0.3, -0.25) is 15.0 Å². The zero-order valence-electron chi connectivity index (χ0n) is 19.6. The van der Waals surface area contributed by atoms with Gasteiger partial charge in [-0.05, 0) is 111 Å². The van der Waals surface area contributed by atoms with Crippen molar-refractivity contribution in [2.45, 2.75) is 44.9 Å². The monoisotopic (exact) mass is 501 g/mol. The number of thiophene rings is 1. The van der Waals surface area contributed by atoms with Crippen LogP contribution in [-0.4, -0.2) is 47.7 Å². The molecule has 0 aliphatic carbocycles. The molecule has 0 atom stereocenters. The molecule has 4 rings (SSSR count). The van der Waals surface area contributed by atoms with Crippen molar-refractivity contribution < 1.29 is 14.7 Å². The second-order valence-electron chi connectivity index (χ2n) is 9.12. The number of methoxy groups -OCH3 is 1. The Morgan fingerprint density at radius 3 is 2.79 bits per heavy atom. The van der Waals surface area contributed by atoms with Gasteiger partial charge in [-0.1, -0.05) is 11.6 Å². The summed E-state index contributed by atoms with van der Waals surface area (Å²) >= 11 is 8.26. The van der Waals surface area contributed by atoms with Crippen LogP contribution in [0.1, 0.15) is 43.2 Å². The van der Waals surface area contributed by atoms with Crippen molar-refractivity contribution in [1.29, 1.82) is 0 Å². The van der Waals surface area contributed by atoms with Gasteiger partial charge in [-0.15, -0.1) is 0 Å². The molecule has 1 aliphatic rings. The Bertz CT molecular complexity index is 1100. The molecule has 0 radical (unpaired) electrons. The number of nitrogens with zero attached hydrogens (tertiary/aromatic N) is 2. The van der Waals surface area contributed by atoms with E-state index in [4.69, 9.17) is 16.3 Å². The molecule has 34 heavy (non-hydrogen) atoms. The number of piperidine rings is 1. The van der Waals surface area contributed by atoms with E-state index in [2.05, 4.69) is 26.7 Å². The second kappa shape index (κ2) is 11.5. The molecule has 0 saturated carbocycles. The van der Waals surface area contributed by atoms with Gasteiger partial charge < -0.3 is 9.64 Å². The summed E-state index contributed by atoms with van der Waals surface area (Å²) in [5, 5.41) is 15.4. The van der Waals surface area contributed by atoms with E-state index in [-0.39, 0.29) is 5.91 Å². The number of hydrogen-bond donors (Lipinski definition) is 2. The molecular formula is C26H32ClN3O3S. The minimum atomic E-state index is -0.550. The molecule has 1 aromatic carbocycles. The van der Waals surface area contributed by atoms with Crippen LogP contribution in [0, 0.1) is 5.41 Å². The van der Waals surface area contributed by atoms with Crippen molar-refractivity contribution in [2.75, 3.05) is 26.7 Å². The lowest BCUT2D eigenvalue weighted by Gasteiger charge is -2.40. The number of benzene rings is 1. The van der Waals surface area contributed by atoms with Gasteiger partial charge >= 0.3 is 0 Å². The van der Waals surface area contributed by atoms with Crippen LogP contribution < -0.4 is 10.2 Å². The minimum absolute atomic E-state index is 0.266. The maximum Gasteiger partial charge on any atom is 0.249 e. The molecule has 2 N–H and O–H groups in total. The molecular weight excluding hydrogens is 470 g/mol. The highest BCUT2D eigenvalue weighted by molar-refractivity contribution is 7.07. The molecule has 1 saturated heterocycles. The van der Waals surface area contributed by atoms with E-state index in [0.29, 0.717) is 11.4 Å². The van der Waals surface area contributed by atoms with E-state index in [1.807, 2.05) is 23.7 Å². The lowest BCUT2D eigenvalue weighted by atomic mass is 9.73. The summed E-state index contributed by atoms with van der Waals surface area (Å²) in [7, 11) is 1.64. The van der Waals surface area contributed by atoms with Gasteiger partial charge in [0, 0.05) is 11.6 Å². The number of amides is 1. The Morgan fingerprint density at radius 2 is 2.09 bits per heavy atom. The largest absolute Gasteiger partial charge is 0.497 e. The SMILES string of the molecule is COc1ccc2ncc(Cl)c(CCCC3(C(=O)NO)CCN(CCCc4ccsc4)CC3)c2c1. The zero-order valence-corrected chi connectivity index (χ0v) is 21.1. The summed E-state index contributed by atoms with van der Waals surface area (Å²) in [6.45, 7) is 2.77. The van der Waals surface area contributed by atoms with E-state index < -0.39 is 5.41 Å². The number of rotatable bonds is 10. The topological polar surface area (TPSA) is 74.7 Å². The summed E-state index contributed by atoms with van der Waals surface area (Å²) in [5.41, 5.74) is 4.69. The number of fused-ring (bicyclic) bond motifs is 1. The fourth-order valence-electron chi connectivity index (χ4n) is 5.04. The number of hydrogen-bond acceptors (Lipinski definition) is 6. The van der Waals surface area contributed by atoms with Crippen molar-refractivity contribution in [3.8, 4) is 5.75 Å². The number of pyridine rings is 1. The van der Waals surface area contributed by atoms with E-state index in [1.54, 1.807) is 24.6 Å². The number of carbonyl (C=O) groups is 1. The maximum absolute atomic E-state index is 12.7. The van der Waals surface area contributed by atoms with Crippen LogP contribution in [-0.2, 0) is 17.6 Å². The lowest BCUT2D eigenvalue weighted by molar-refractivity contribution is -0.143. The van der Waals surface area contributed by atoms with Crippen LogP contribution in [0.2, 0.25) is 5.02 Å². The fourth-order valence-corrected chi connectivity index (χ4v) is 5.99. The predicted molar refractivity (Wildman–Crippen MR) is 137 cm³/mol. The molecule has 1 amide bonds. The number of likely N-dealkylation sites (tertiary alicyclic amines) is 1. The molecule has 1 aliphatic heterocycles. The average molecular weight is 502 g/mol. The Morgan fingerprint density at radius 1 is 1.26 bits per heavy atom. The number of carbonyl (C=O) groups excluding carboxylic acids is 1. The summed E-state index contributed by atoms with van der Waals surface area (Å²) in [6.07, 6.45) is 7.62. The molecule has 3 heterocycles. The van der Waals surface area contributed by atoms with E-state index >= 15 is 0 Å². The molecule has 2 aromatic heterocycles. The van der Waals surface area contributed by atoms with Gasteiger partial charge in [0.05, 0.1) is 23.1 Å². The first-order valence-corrected chi connectivity index (χ1v) is 13.2. The lowest BCUT2D eigenvalue weighted by Crippen LogP contribution is -2.48. The van der Waals surface area contributed by atoms with Gasteiger partial charge in [0.2, 0.25) is 5.91 Å². The normalized spacial score (nSPS) is 16.0. The van der Waals surface area contributed by atoms with E-state index in [1.165, 1.54) is 5.56 Å². The van der Waals surface area contributed by atoms with Crippen molar-refractivity contribution in [3.05, 3.63) is 57.4 Å². The van der Waals surface area contributed by atoms with E-state index in [0.717, 1.165) is 80.4 Å². The number of hydroxylamine groups is 1. The Hall–Kier alpha value is -2.19. The molecule has 182 valence electrons. The minimum Gasteiger partial charge on any atom is -0.497 e. The number of ether oxygens (including phenoxy) is 1. The quantitative estimate of drug-likeness (QED) is 0.283. The van der Waals surface area contributed by atoms with E-state index in [9.17, 15) is 10.0 Å². The highest BCUT2D eigenvalue weighted by Crippen LogP contribution is 2.38. The summed E-state index contributed by atoms with van der Waals surface area (Å²) in [4.78, 5) is 19.6. The Kier molecular flexibility index (Phi) is 8.42. The highest BCUT2D eigenvalue weighted by atomic mass is 35.5. The van der Waals surface area contributed by atoms with Crippen molar-refractivity contribution in [3.63, 3.8) is 0 Å². The zero-order chi connectivity index (χ0) is 24.0. The van der Waals surface area contributed by atoms with Crippen LogP contribution >= 0.6 is 22.9 Å². The van der Waals surface area contributed by atoms with Crippen LogP contribution in [0.5, 0.6) is 5.75 Å². The van der Waals surface area contributed by atoms with Crippen LogP contribution in [0.15, 0.2) is 41.2 Å². The Labute approximate surface area is 209 Å². The van der Waals surface area contributed by atoms with Crippen LogP contribution in [0.3, 0.4) is 0 Å². The standard InChI is InChI=1S/C26H32ClN3O3S/c1-33-20-6-7-24-22(16-20)21(23(27)17-28-24)5-2-9-26(25(31)29-32)10-13-30(14-11-26)12-3-4-19-8-15-34-18-19/h6-8,15-18,32H,2-5,9-14H2,1H3,(H,29,31). The van der Waals surface area contributed by atoms with Gasteiger partial charge in [0.25, 0.3) is 0 Å². The fraction of sp³-hybridized carbons (Fsp3) is 0.462. The van der Waals surface area contributed by atoms with Crippen LogP contribution in [0.25, 0.3) is 10.9 Å². The molecule has 3 aromatic rings. The number of aromatic nitrogens is 1. The smallest absolute Gasteiger partial charge is 0.249 e. The van der Waals surface area contributed by atoms with Crippen LogP contribution in [0.4, 0.5) is 0 Å². The molecule has 0 bridgehead atoms. The summed E-state index contributed by atoms with van der Waals surface area (Å²) in [5.74, 6) is 0.498. The molecule has 8 heteroatoms. The molecule has 0 spiro atoms. The van der Waals surface area contributed by atoms with Gasteiger partial charge in [0.15, 0.2) is 0 Å². The number of halogens is 1.